The molecule has 0 aliphatic carbocycles. The van der Waals surface area contributed by atoms with Gasteiger partial charge in [-0.1, -0.05) is 6.07 Å². The highest BCUT2D eigenvalue weighted by molar-refractivity contribution is 5.93. The molecule has 17 heavy (non-hydrogen) atoms. The summed E-state index contributed by atoms with van der Waals surface area (Å²) in [5.74, 6) is -0.487. The number of hydrogen-bond donors (Lipinski definition) is 2. The van der Waals surface area contributed by atoms with Crippen molar-refractivity contribution in [2.24, 2.45) is 10.7 Å². The van der Waals surface area contributed by atoms with Crippen LogP contribution in [0.4, 0.5) is 10.1 Å². The van der Waals surface area contributed by atoms with Crippen molar-refractivity contribution in [1.82, 2.24) is 4.90 Å². The predicted octanol–water partition coefficient (Wildman–Crippen LogP) is 0.641. The molecular weight excluding hydrogens is 223 g/mol. The summed E-state index contributed by atoms with van der Waals surface area (Å²) in [5, 5.41) is 2.52. The van der Waals surface area contributed by atoms with Gasteiger partial charge in [-0.2, -0.15) is 0 Å². The van der Waals surface area contributed by atoms with Crippen molar-refractivity contribution in [2.75, 3.05) is 26.0 Å². The summed E-state index contributed by atoms with van der Waals surface area (Å²) >= 11 is 0. The number of guanidine groups is 1. The third kappa shape index (κ3) is 4.50. The highest BCUT2D eigenvalue weighted by Gasteiger charge is 2.03. The standard InChI is InChI=1S/C11H15FN4O/c1-16(2)11(13)14-7-10(17)15-9-5-3-4-8(12)6-9/h3-6H,7H2,1-2H3,(H2,13,14)(H,15,17). The Balaban J connectivity index is 2.53. The van der Waals surface area contributed by atoms with Crippen LogP contribution in [0.1, 0.15) is 0 Å². The van der Waals surface area contributed by atoms with Crippen LogP contribution in [0.5, 0.6) is 0 Å². The second kappa shape index (κ2) is 5.83. The van der Waals surface area contributed by atoms with Crippen LogP contribution in [0.3, 0.4) is 0 Å². The van der Waals surface area contributed by atoms with Gasteiger partial charge in [-0.15, -0.1) is 0 Å². The normalized spacial score (nSPS) is 11.1. The maximum Gasteiger partial charge on any atom is 0.246 e. The van der Waals surface area contributed by atoms with Crippen molar-refractivity contribution < 1.29 is 9.18 Å². The van der Waals surface area contributed by atoms with Crippen LogP contribution in [0.15, 0.2) is 29.3 Å². The number of amides is 1. The maximum absolute atomic E-state index is 12.8. The molecule has 0 atom stereocenters. The molecule has 1 rings (SSSR count). The van der Waals surface area contributed by atoms with Crippen LogP contribution in [-0.4, -0.2) is 37.4 Å². The first-order valence-corrected chi connectivity index (χ1v) is 5.01. The number of rotatable bonds is 3. The first-order valence-electron chi connectivity index (χ1n) is 5.01. The topological polar surface area (TPSA) is 70.7 Å². The molecule has 0 fully saturated rings. The maximum atomic E-state index is 12.8. The van der Waals surface area contributed by atoms with Crippen LogP contribution in [0.25, 0.3) is 0 Å². The van der Waals surface area contributed by atoms with Crippen molar-refractivity contribution in [1.29, 1.82) is 0 Å². The van der Waals surface area contributed by atoms with Crippen molar-refractivity contribution in [3.8, 4) is 0 Å². The Morgan fingerprint density at radius 3 is 2.82 bits per heavy atom. The monoisotopic (exact) mass is 238 g/mol. The van der Waals surface area contributed by atoms with Gasteiger partial charge in [-0.25, -0.2) is 9.38 Å². The molecule has 1 aromatic carbocycles. The largest absolute Gasteiger partial charge is 0.370 e. The van der Waals surface area contributed by atoms with Gasteiger partial charge >= 0.3 is 0 Å². The number of nitrogens with zero attached hydrogens (tertiary/aromatic N) is 2. The highest BCUT2D eigenvalue weighted by atomic mass is 19.1. The Morgan fingerprint density at radius 1 is 1.53 bits per heavy atom. The molecule has 92 valence electrons. The third-order valence-corrected chi connectivity index (χ3v) is 1.95. The zero-order valence-corrected chi connectivity index (χ0v) is 9.77. The van der Waals surface area contributed by atoms with Crippen molar-refractivity contribution >= 4 is 17.6 Å². The van der Waals surface area contributed by atoms with Gasteiger partial charge in [0.15, 0.2) is 5.96 Å². The SMILES string of the molecule is CN(C)C(N)=NCC(=O)Nc1cccc(F)c1. The van der Waals surface area contributed by atoms with E-state index in [1.54, 1.807) is 25.1 Å². The second-order valence-electron chi connectivity index (χ2n) is 3.63. The molecule has 0 spiro atoms. The molecular formula is C11H15FN4O. The van der Waals surface area contributed by atoms with Gasteiger partial charge in [-0.05, 0) is 18.2 Å². The van der Waals surface area contributed by atoms with E-state index in [0.717, 1.165) is 0 Å². The lowest BCUT2D eigenvalue weighted by Crippen LogP contribution is -2.31. The first-order chi connectivity index (χ1) is 7.99. The Labute approximate surface area is 99.1 Å². The Kier molecular flexibility index (Phi) is 4.45. The minimum Gasteiger partial charge on any atom is -0.370 e. The number of anilines is 1. The van der Waals surface area contributed by atoms with Gasteiger partial charge in [0.05, 0.1) is 0 Å². The lowest BCUT2D eigenvalue weighted by molar-refractivity contribution is -0.114. The molecule has 0 aliphatic rings. The van der Waals surface area contributed by atoms with E-state index >= 15 is 0 Å². The molecule has 0 radical (unpaired) electrons. The minimum atomic E-state index is -0.404. The van der Waals surface area contributed by atoms with Gasteiger partial charge in [0, 0.05) is 19.8 Å². The second-order valence-corrected chi connectivity index (χ2v) is 3.63. The highest BCUT2D eigenvalue weighted by Crippen LogP contribution is 2.08. The number of nitrogens with two attached hydrogens (primary N) is 1. The van der Waals surface area contributed by atoms with Gasteiger partial charge < -0.3 is 16.0 Å². The van der Waals surface area contributed by atoms with Crippen LogP contribution >= 0.6 is 0 Å². The van der Waals surface area contributed by atoms with Crippen LogP contribution in [0, 0.1) is 5.82 Å². The number of carbonyl (C=O) groups is 1. The lowest BCUT2D eigenvalue weighted by atomic mass is 10.3. The average Bonchev–Trinajstić information content (AvgIpc) is 2.25. The van der Waals surface area contributed by atoms with E-state index < -0.39 is 5.82 Å². The molecule has 0 bridgehead atoms. The number of carbonyl (C=O) groups excluding carboxylic acids is 1. The fraction of sp³-hybridized carbons (Fsp3) is 0.273. The summed E-state index contributed by atoms with van der Waals surface area (Å²) in [6.45, 7) is -0.0967. The first kappa shape index (κ1) is 13.0. The van der Waals surface area contributed by atoms with Gasteiger partial charge in [0.25, 0.3) is 0 Å². The molecule has 1 aromatic rings. The predicted molar refractivity (Wildman–Crippen MR) is 65.2 cm³/mol. The lowest BCUT2D eigenvalue weighted by Gasteiger charge is -2.10. The molecule has 6 heteroatoms. The van der Waals surface area contributed by atoms with Crippen LogP contribution in [0.2, 0.25) is 0 Å². The molecule has 1 amide bonds. The average molecular weight is 238 g/mol. The molecule has 3 N–H and O–H groups in total. The van der Waals surface area contributed by atoms with E-state index in [0.29, 0.717) is 5.69 Å². The molecule has 0 heterocycles. The van der Waals surface area contributed by atoms with Gasteiger partial charge in [0.1, 0.15) is 12.4 Å². The molecule has 0 unspecified atom stereocenters. The fourth-order valence-corrected chi connectivity index (χ4v) is 1.06. The van der Waals surface area contributed by atoms with Crippen LogP contribution < -0.4 is 11.1 Å². The number of nitrogens with one attached hydrogen (secondary N) is 1. The quantitative estimate of drug-likeness (QED) is 0.599. The number of aliphatic imine (C=N–C) groups is 1. The van der Waals surface area contributed by atoms with E-state index in [-0.39, 0.29) is 18.4 Å². The van der Waals surface area contributed by atoms with E-state index in [2.05, 4.69) is 10.3 Å². The van der Waals surface area contributed by atoms with E-state index in [1.807, 2.05) is 0 Å². The molecule has 0 saturated heterocycles. The van der Waals surface area contributed by atoms with Crippen molar-refractivity contribution in [2.45, 2.75) is 0 Å². The zero-order chi connectivity index (χ0) is 12.8. The Hall–Kier alpha value is -2.11. The summed E-state index contributed by atoms with van der Waals surface area (Å²) in [4.78, 5) is 16.9. The summed E-state index contributed by atoms with van der Waals surface area (Å²) in [6, 6.07) is 5.65. The third-order valence-electron chi connectivity index (χ3n) is 1.95. The number of hydrogen-bond acceptors (Lipinski definition) is 2. The van der Waals surface area contributed by atoms with E-state index in [4.69, 9.17) is 5.73 Å². The number of halogens is 1. The smallest absolute Gasteiger partial charge is 0.246 e. The van der Waals surface area contributed by atoms with E-state index in [9.17, 15) is 9.18 Å². The zero-order valence-electron chi connectivity index (χ0n) is 9.77. The molecule has 0 aliphatic heterocycles. The van der Waals surface area contributed by atoms with Crippen LogP contribution in [-0.2, 0) is 4.79 Å². The summed E-state index contributed by atoms with van der Waals surface area (Å²) in [7, 11) is 3.45. The summed E-state index contributed by atoms with van der Waals surface area (Å²) in [6.07, 6.45) is 0. The molecule has 0 aromatic heterocycles. The minimum absolute atomic E-state index is 0.0967. The molecule has 5 nitrogen and oxygen atoms in total. The summed E-state index contributed by atoms with van der Waals surface area (Å²) in [5.41, 5.74) is 5.92. The van der Waals surface area contributed by atoms with Gasteiger partial charge in [-0.3, -0.25) is 4.79 Å². The van der Waals surface area contributed by atoms with Gasteiger partial charge in [0.2, 0.25) is 5.91 Å². The van der Waals surface area contributed by atoms with Crippen molar-refractivity contribution in [3.05, 3.63) is 30.1 Å². The summed E-state index contributed by atoms with van der Waals surface area (Å²) < 4.78 is 12.8. The van der Waals surface area contributed by atoms with Crippen molar-refractivity contribution in [3.63, 3.8) is 0 Å². The fourth-order valence-electron chi connectivity index (χ4n) is 1.06. The molecule has 0 saturated carbocycles. The Bertz CT molecular complexity index is 431. The Morgan fingerprint density at radius 2 is 2.24 bits per heavy atom. The van der Waals surface area contributed by atoms with E-state index in [1.165, 1.54) is 18.2 Å². The number of benzene rings is 1.